The molecule has 2 rings (SSSR count). The van der Waals surface area contributed by atoms with E-state index in [2.05, 4.69) is 36.5 Å². The van der Waals surface area contributed by atoms with E-state index in [9.17, 15) is 9.59 Å². The predicted octanol–water partition coefficient (Wildman–Crippen LogP) is 6.33. The summed E-state index contributed by atoms with van der Waals surface area (Å²) in [6, 6.07) is 15.5. The fraction of sp³-hybridized carbons (Fsp3) is 0.481. The van der Waals surface area contributed by atoms with E-state index in [0.717, 1.165) is 17.5 Å². The van der Waals surface area contributed by atoms with Crippen LogP contribution < -0.4 is 5.32 Å². The van der Waals surface area contributed by atoms with Crippen LogP contribution in [0, 0.1) is 0 Å². The van der Waals surface area contributed by atoms with Crippen molar-refractivity contribution in [2.24, 2.45) is 0 Å². The average molecular weight is 424 g/mol. The van der Waals surface area contributed by atoms with E-state index < -0.39 is 12.0 Å². The Morgan fingerprint density at radius 3 is 1.94 bits per heavy atom. The van der Waals surface area contributed by atoms with Crippen molar-refractivity contribution >= 4 is 11.9 Å². The maximum Gasteiger partial charge on any atom is 0.328 e. The third kappa shape index (κ3) is 8.56. The first-order chi connectivity index (χ1) is 15.0. The van der Waals surface area contributed by atoms with E-state index in [1.165, 1.54) is 50.5 Å². The van der Waals surface area contributed by atoms with Crippen LogP contribution in [-0.4, -0.2) is 24.5 Å². The second kappa shape index (κ2) is 13.6. The van der Waals surface area contributed by atoms with Gasteiger partial charge in [0.15, 0.2) is 0 Å². The van der Waals surface area contributed by atoms with Crippen molar-refractivity contribution in [1.82, 2.24) is 5.32 Å². The van der Waals surface area contributed by atoms with Gasteiger partial charge in [-0.3, -0.25) is 4.79 Å². The summed E-state index contributed by atoms with van der Waals surface area (Å²) in [5.41, 5.74) is 4.10. The Bertz CT molecular complexity index is 796. The number of hydrogen-bond acceptors (Lipinski definition) is 3. The molecule has 0 aliphatic heterocycles. The molecule has 0 spiro atoms. The van der Waals surface area contributed by atoms with Crippen LogP contribution in [0.3, 0.4) is 0 Å². The maximum atomic E-state index is 12.3. The van der Waals surface area contributed by atoms with E-state index in [1.807, 2.05) is 12.1 Å². The number of unbranched alkanes of at least 4 members (excludes halogenated alkanes) is 6. The van der Waals surface area contributed by atoms with Crippen LogP contribution in [0.25, 0.3) is 11.1 Å². The van der Waals surface area contributed by atoms with Crippen molar-refractivity contribution in [3.8, 4) is 11.1 Å². The van der Waals surface area contributed by atoms with Crippen molar-refractivity contribution in [2.75, 3.05) is 6.61 Å². The predicted molar refractivity (Wildman–Crippen MR) is 127 cm³/mol. The number of amides is 1. The topological polar surface area (TPSA) is 55.4 Å². The molecule has 1 atom stereocenters. The molecular formula is C27H37NO3. The molecule has 0 aromatic heterocycles. The molecule has 168 valence electrons. The molecule has 1 unspecified atom stereocenters. The summed E-state index contributed by atoms with van der Waals surface area (Å²) in [6.45, 7) is 5.92. The van der Waals surface area contributed by atoms with Gasteiger partial charge in [-0.2, -0.15) is 0 Å². The number of ether oxygens (including phenoxy) is 1. The number of rotatable bonds is 13. The van der Waals surface area contributed by atoms with E-state index in [-0.39, 0.29) is 5.91 Å². The van der Waals surface area contributed by atoms with Crippen LogP contribution in [0.15, 0.2) is 48.5 Å². The van der Waals surface area contributed by atoms with Crippen LogP contribution >= 0.6 is 0 Å². The van der Waals surface area contributed by atoms with Crippen LogP contribution in [-0.2, 0) is 16.0 Å². The first-order valence-corrected chi connectivity index (χ1v) is 11.7. The van der Waals surface area contributed by atoms with Gasteiger partial charge in [-0.25, -0.2) is 4.79 Å². The third-order valence-electron chi connectivity index (χ3n) is 5.49. The molecule has 31 heavy (non-hydrogen) atoms. The van der Waals surface area contributed by atoms with E-state index in [4.69, 9.17) is 4.74 Å². The second-order valence-electron chi connectivity index (χ2n) is 8.09. The van der Waals surface area contributed by atoms with Crippen LogP contribution in [0.2, 0.25) is 0 Å². The maximum absolute atomic E-state index is 12.3. The van der Waals surface area contributed by atoms with Crippen LogP contribution in [0.1, 0.15) is 81.6 Å². The zero-order chi connectivity index (χ0) is 22.5. The Morgan fingerprint density at radius 2 is 1.35 bits per heavy atom. The molecule has 2 aromatic carbocycles. The van der Waals surface area contributed by atoms with Crippen LogP contribution in [0.4, 0.5) is 0 Å². The van der Waals surface area contributed by atoms with Gasteiger partial charge in [-0.15, -0.1) is 0 Å². The molecule has 0 radical (unpaired) electrons. The first kappa shape index (κ1) is 24.6. The molecule has 0 aliphatic rings. The summed E-state index contributed by atoms with van der Waals surface area (Å²) < 4.78 is 4.92. The number of esters is 1. The molecule has 0 saturated carbocycles. The largest absolute Gasteiger partial charge is 0.464 e. The molecule has 2 aromatic rings. The third-order valence-corrected chi connectivity index (χ3v) is 5.49. The Morgan fingerprint density at radius 1 is 0.806 bits per heavy atom. The number of carbonyl (C=O) groups is 2. The first-order valence-electron chi connectivity index (χ1n) is 11.7. The van der Waals surface area contributed by atoms with Gasteiger partial charge in [0.05, 0.1) is 6.61 Å². The van der Waals surface area contributed by atoms with Crippen molar-refractivity contribution < 1.29 is 14.3 Å². The lowest BCUT2D eigenvalue weighted by Gasteiger charge is -2.13. The number of benzene rings is 2. The highest BCUT2D eigenvalue weighted by Crippen LogP contribution is 2.21. The highest BCUT2D eigenvalue weighted by atomic mass is 16.5. The monoisotopic (exact) mass is 423 g/mol. The molecule has 4 heteroatoms. The number of aryl methyl sites for hydroxylation is 1. The van der Waals surface area contributed by atoms with Crippen molar-refractivity contribution in [3.05, 3.63) is 59.7 Å². The lowest BCUT2D eigenvalue weighted by molar-refractivity contribution is -0.144. The summed E-state index contributed by atoms with van der Waals surface area (Å²) >= 11 is 0. The van der Waals surface area contributed by atoms with Gasteiger partial charge in [0.25, 0.3) is 5.91 Å². The lowest BCUT2D eigenvalue weighted by Crippen LogP contribution is -2.39. The molecule has 1 amide bonds. The number of carbonyl (C=O) groups excluding carboxylic acids is 2. The number of nitrogens with one attached hydrogen (secondary N) is 1. The smallest absolute Gasteiger partial charge is 0.328 e. The van der Waals surface area contributed by atoms with Gasteiger partial charge < -0.3 is 10.1 Å². The van der Waals surface area contributed by atoms with E-state index >= 15 is 0 Å². The minimum atomic E-state index is -0.670. The SMILES string of the molecule is CCCCCCCCCc1ccc(-c2ccc(C(=O)NC(C)C(=O)OCC)cc2)cc1. The molecule has 0 saturated heterocycles. The van der Waals surface area contributed by atoms with E-state index in [0.29, 0.717) is 12.2 Å². The molecule has 0 aliphatic carbocycles. The van der Waals surface area contributed by atoms with Gasteiger partial charge >= 0.3 is 5.97 Å². The summed E-state index contributed by atoms with van der Waals surface area (Å²) in [5, 5.41) is 2.67. The molecule has 0 bridgehead atoms. The van der Waals surface area contributed by atoms with Crippen molar-refractivity contribution in [2.45, 2.75) is 78.2 Å². The average Bonchev–Trinajstić information content (AvgIpc) is 2.79. The summed E-state index contributed by atoms with van der Waals surface area (Å²) in [7, 11) is 0. The molecule has 4 nitrogen and oxygen atoms in total. The fourth-order valence-corrected chi connectivity index (χ4v) is 3.57. The summed E-state index contributed by atoms with van der Waals surface area (Å²) in [4.78, 5) is 24.0. The van der Waals surface area contributed by atoms with Crippen molar-refractivity contribution in [3.63, 3.8) is 0 Å². The zero-order valence-corrected chi connectivity index (χ0v) is 19.3. The Balaban J connectivity index is 1.83. The highest BCUT2D eigenvalue weighted by Gasteiger charge is 2.17. The highest BCUT2D eigenvalue weighted by molar-refractivity contribution is 5.97. The van der Waals surface area contributed by atoms with Gasteiger partial charge in [0.2, 0.25) is 0 Å². The molecule has 0 heterocycles. The Hall–Kier alpha value is -2.62. The normalized spacial score (nSPS) is 11.7. The number of hydrogen-bond donors (Lipinski definition) is 1. The van der Waals surface area contributed by atoms with Crippen molar-refractivity contribution in [1.29, 1.82) is 0 Å². The second-order valence-corrected chi connectivity index (χ2v) is 8.09. The summed E-state index contributed by atoms with van der Waals surface area (Å²) in [5.74, 6) is -0.707. The standard InChI is InChI=1S/C27H37NO3/c1-4-6-7-8-9-10-11-12-22-13-15-23(16-14-22)24-17-19-25(20-18-24)26(29)28-21(3)27(30)31-5-2/h13-21H,4-12H2,1-3H3,(H,28,29). The van der Waals surface area contributed by atoms with Gasteiger partial charge in [0, 0.05) is 5.56 Å². The minimum Gasteiger partial charge on any atom is -0.464 e. The fourth-order valence-electron chi connectivity index (χ4n) is 3.57. The lowest BCUT2D eigenvalue weighted by atomic mass is 10.00. The molecule has 1 N–H and O–H groups in total. The zero-order valence-electron chi connectivity index (χ0n) is 19.3. The molecular weight excluding hydrogens is 386 g/mol. The Labute approximate surface area is 187 Å². The van der Waals surface area contributed by atoms with Gasteiger partial charge in [0.1, 0.15) is 6.04 Å². The minimum absolute atomic E-state index is 0.280. The quantitative estimate of drug-likeness (QED) is 0.303. The van der Waals surface area contributed by atoms with E-state index in [1.54, 1.807) is 26.0 Å². The van der Waals surface area contributed by atoms with Crippen LogP contribution in [0.5, 0.6) is 0 Å². The van der Waals surface area contributed by atoms with Gasteiger partial charge in [-0.1, -0.05) is 81.8 Å². The van der Waals surface area contributed by atoms with Gasteiger partial charge in [-0.05, 0) is 55.5 Å². The summed E-state index contributed by atoms with van der Waals surface area (Å²) in [6.07, 6.45) is 10.4. The Kier molecular flexibility index (Phi) is 10.8. The molecule has 0 fully saturated rings.